The molecule has 1 aromatic rings. The van der Waals surface area contributed by atoms with Crippen LogP contribution in [0.5, 0.6) is 0 Å². The summed E-state index contributed by atoms with van der Waals surface area (Å²) < 4.78 is 5.45. The third kappa shape index (κ3) is 4.75. The number of hydrogen-bond donors (Lipinski definition) is 1. The van der Waals surface area contributed by atoms with Crippen molar-refractivity contribution >= 4 is 5.91 Å². The Kier molecular flexibility index (Phi) is 6.00. The lowest BCUT2D eigenvalue weighted by Gasteiger charge is -2.39. The number of piperidine rings is 1. The van der Waals surface area contributed by atoms with Crippen molar-refractivity contribution in [1.29, 1.82) is 0 Å². The molecule has 2 fully saturated rings. The van der Waals surface area contributed by atoms with Crippen molar-refractivity contribution in [2.24, 2.45) is 5.92 Å². The first kappa shape index (κ1) is 16.4. The van der Waals surface area contributed by atoms with Crippen LogP contribution >= 0.6 is 0 Å². The summed E-state index contributed by atoms with van der Waals surface area (Å²) in [6, 6.07) is 4.59. The molecule has 1 unspecified atom stereocenters. The fourth-order valence-electron chi connectivity index (χ4n) is 3.62. The minimum absolute atomic E-state index is 0.139. The molecular weight excluding hydrogens is 290 g/mol. The molecular formula is C18H27N3O2. The Labute approximate surface area is 138 Å². The molecule has 0 saturated carbocycles. The Bertz CT molecular complexity index is 488. The zero-order chi connectivity index (χ0) is 15.9. The summed E-state index contributed by atoms with van der Waals surface area (Å²) in [5.41, 5.74) is 1.17. The summed E-state index contributed by atoms with van der Waals surface area (Å²) in [5.74, 6) is 0.353. The molecule has 1 atom stereocenters. The molecule has 0 aromatic carbocycles. The number of pyridine rings is 1. The molecule has 2 aliphatic rings. The lowest BCUT2D eigenvalue weighted by atomic mass is 9.94. The minimum Gasteiger partial charge on any atom is -0.381 e. The molecule has 0 bridgehead atoms. The van der Waals surface area contributed by atoms with Crippen molar-refractivity contribution in [3.05, 3.63) is 30.1 Å². The van der Waals surface area contributed by atoms with Crippen LogP contribution in [0, 0.1) is 5.92 Å². The van der Waals surface area contributed by atoms with Crippen LogP contribution in [0.4, 0.5) is 0 Å². The summed E-state index contributed by atoms with van der Waals surface area (Å²) >= 11 is 0. The van der Waals surface area contributed by atoms with E-state index in [0.717, 1.165) is 58.4 Å². The smallest absolute Gasteiger partial charge is 0.224 e. The number of nitrogens with zero attached hydrogens (tertiary/aromatic N) is 2. The van der Waals surface area contributed by atoms with E-state index in [0.29, 0.717) is 12.6 Å². The fraction of sp³-hybridized carbons (Fsp3) is 0.667. The van der Waals surface area contributed by atoms with Crippen LogP contribution in [0.1, 0.15) is 31.2 Å². The van der Waals surface area contributed by atoms with Gasteiger partial charge in [0, 0.05) is 44.7 Å². The summed E-state index contributed by atoms with van der Waals surface area (Å²) in [6.45, 7) is 4.46. The van der Waals surface area contributed by atoms with Crippen LogP contribution in [-0.4, -0.2) is 54.7 Å². The van der Waals surface area contributed by atoms with Crippen LogP contribution < -0.4 is 5.32 Å². The third-order valence-electron chi connectivity index (χ3n) is 4.97. The molecule has 3 rings (SSSR count). The molecule has 126 valence electrons. The van der Waals surface area contributed by atoms with Gasteiger partial charge in [0.05, 0.1) is 5.92 Å². The molecule has 0 spiro atoms. The lowest BCUT2D eigenvalue weighted by Crippen LogP contribution is -2.48. The molecule has 0 radical (unpaired) electrons. The molecule has 1 N–H and O–H groups in total. The maximum atomic E-state index is 12.4. The van der Waals surface area contributed by atoms with Crippen LogP contribution in [0.25, 0.3) is 0 Å². The van der Waals surface area contributed by atoms with E-state index in [1.807, 2.05) is 18.3 Å². The van der Waals surface area contributed by atoms with E-state index < -0.39 is 0 Å². The SMILES string of the molecule is O=C(NCCc1cccnc1)C1CCCN(C2CCOCC2)C1. The summed E-state index contributed by atoms with van der Waals surface area (Å²) in [7, 11) is 0. The molecule has 2 aliphatic heterocycles. The van der Waals surface area contributed by atoms with E-state index in [4.69, 9.17) is 4.74 Å². The molecule has 1 aromatic heterocycles. The standard InChI is InChI=1S/C18H27N3O2/c22-18(20-9-5-15-3-1-8-19-13-15)16-4-2-10-21(14-16)17-6-11-23-12-7-17/h1,3,8,13,16-17H,2,4-7,9-12,14H2,(H,20,22). The highest BCUT2D eigenvalue weighted by atomic mass is 16.5. The second-order valence-corrected chi connectivity index (χ2v) is 6.58. The number of carbonyl (C=O) groups is 1. The van der Waals surface area contributed by atoms with E-state index in [2.05, 4.69) is 15.2 Å². The molecule has 5 nitrogen and oxygen atoms in total. The average molecular weight is 317 g/mol. The molecule has 5 heteroatoms. The Morgan fingerprint density at radius 2 is 2.22 bits per heavy atom. The van der Waals surface area contributed by atoms with E-state index >= 15 is 0 Å². The van der Waals surface area contributed by atoms with E-state index in [-0.39, 0.29) is 11.8 Å². The largest absolute Gasteiger partial charge is 0.381 e. The fourth-order valence-corrected chi connectivity index (χ4v) is 3.62. The quantitative estimate of drug-likeness (QED) is 0.897. The first-order chi connectivity index (χ1) is 11.3. The summed E-state index contributed by atoms with van der Waals surface area (Å²) in [4.78, 5) is 19.1. The van der Waals surface area contributed by atoms with E-state index in [1.165, 1.54) is 5.56 Å². The zero-order valence-corrected chi connectivity index (χ0v) is 13.7. The normalized spacial score (nSPS) is 23.6. The maximum absolute atomic E-state index is 12.4. The number of rotatable bonds is 5. The Hall–Kier alpha value is -1.46. The van der Waals surface area contributed by atoms with Crippen LogP contribution in [0.2, 0.25) is 0 Å². The minimum atomic E-state index is 0.139. The monoisotopic (exact) mass is 317 g/mol. The second kappa shape index (κ2) is 8.41. The number of nitrogens with one attached hydrogen (secondary N) is 1. The van der Waals surface area contributed by atoms with Gasteiger partial charge >= 0.3 is 0 Å². The summed E-state index contributed by atoms with van der Waals surface area (Å²) in [5, 5.41) is 3.11. The molecule has 3 heterocycles. The van der Waals surface area contributed by atoms with Gasteiger partial charge in [0.15, 0.2) is 0 Å². The number of ether oxygens (including phenoxy) is 1. The highest BCUT2D eigenvalue weighted by Gasteiger charge is 2.30. The van der Waals surface area contributed by atoms with Crippen molar-refractivity contribution in [3.63, 3.8) is 0 Å². The van der Waals surface area contributed by atoms with Gasteiger partial charge in [0.2, 0.25) is 5.91 Å². The number of hydrogen-bond acceptors (Lipinski definition) is 4. The first-order valence-corrected chi connectivity index (χ1v) is 8.81. The average Bonchev–Trinajstić information content (AvgIpc) is 2.63. The topological polar surface area (TPSA) is 54.5 Å². The first-order valence-electron chi connectivity index (χ1n) is 8.81. The summed E-state index contributed by atoms with van der Waals surface area (Å²) in [6.07, 6.45) is 8.83. The molecule has 0 aliphatic carbocycles. The predicted molar refractivity (Wildman–Crippen MR) is 89.1 cm³/mol. The van der Waals surface area contributed by atoms with Gasteiger partial charge in [-0.15, -0.1) is 0 Å². The van der Waals surface area contributed by atoms with Crippen molar-refractivity contribution in [3.8, 4) is 0 Å². The highest BCUT2D eigenvalue weighted by Crippen LogP contribution is 2.23. The van der Waals surface area contributed by atoms with Gasteiger partial charge < -0.3 is 10.1 Å². The Morgan fingerprint density at radius 3 is 3.00 bits per heavy atom. The van der Waals surface area contributed by atoms with Crippen LogP contribution in [-0.2, 0) is 16.0 Å². The van der Waals surface area contributed by atoms with Gasteiger partial charge in [0.1, 0.15) is 0 Å². The van der Waals surface area contributed by atoms with Crippen molar-refractivity contribution in [2.45, 2.75) is 38.1 Å². The number of aromatic nitrogens is 1. The van der Waals surface area contributed by atoms with Gasteiger partial charge in [-0.3, -0.25) is 14.7 Å². The number of amides is 1. The molecule has 1 amide bonds. The van der Waals surface area contributed by atoms with Crippen molar-refractivity contribution in [2.75, 3.05) is 32.8 Å². The van der Waals surface area contributed by atoms with Gasteiger partial charge in [-0.25, -0.2) is 0 Å². The van der Waals surface area contributed by atoms with Crippen molar-refractivity contribution in [1.82, 2.24) is 15.2 Å². The molecule has 23 heavy (non-hydrogen) atoms. The van der Waals surface area contributed by atoms with Gasteiger partial charge in [-0.2, -0.15) is 0 Å². The predicted octanol–water partition coefficient (Wildman–Crippen LogP) is 1.63. The van der Waals surface area contributed by atoms with Crippen LogP contribution in [0.15, 0.2) is 24.5 Å². The molecule has 2 saturated heterocycles. The van der Waals surface area contributed by atoms with Crippen molar-refractivity contribution < 1.29 is 9.53 Å². The van der Waals surface area contributed by atoms with E-state index in [1.54, 1.807) is 6.20 Å². The van der Waals surface area contributed by atoms with Gasteiger partial charge in [0.25, 0.3) is 0 Å². The third-order valence-corrected chi connectivity index (χ3v) is 4.97. The van der Waals surface area contributed by atoms with Gasteiger partial charge in [-0.05, 0) is 50.3 Å². The Balaban J connectivity index is 1.43. The zero-order valence-electron chi connectivity index (χ0n) is 13.7. The van der Waals surface area contributed by atoms with E-state index in [9.17, 15) is 4.79 Å². The Morgan fingerprint density at radius 1 is 1.35 bits per heavy atom. The second-order valence-electron chi connectivity index (χ2n) is 6.58. The lowest BCUT2D eigenvalue weighted by molar-refractivity contribution is -0.127. The van der Waals surface area contributed by atoms with Crippen LogP contribution in [0.3, 0.4) is 0 Å². The maximum Gasteiger partial charge on any atom is 0.224 e. The van der Waals surface area contributed by atoms with Gasteiger partial charge in [-0.1, -0.05) is 6.07 Å². The highest BCUT2D eigenvalue weighted by molar-refractivity contribution is 5.78. The number of carbonyl (C=O) groups excluding carboxylic acids is 1. The number of likely N-dealkylation sites (tertiary alicyclic amines) is 1.